The fourth-order valence-corrected chi connectivity index (χ4v) is 1.27. The molecule has 0 aromatic carbocycles. The molecule has 2 heteroatoms. The summed E-state index contributed by atoms with van der Waals surface area (Å²) in [6.07, 6.45) is 4.60. The molecule has 0 saturated heterocycles. The van der Waals surface area contributed by atoms with Gasteiger partial charge in [0.1, 0.15) is 0 Å². The predicted molar refractivity (Wildman–Crippen MR) is 55.5 cm³/mol. The molecule has 10 heavy (non-hydrogen) atoms. The van der Waals surface area contributed by atoms with Gasteiger partial charge in [-0.25, -0.2) is 0 Å². The second kappa shape index (κ2) is 7.54. The van der Waals surface area contributed by atoms with Gasteiger partial charge in [-0.05, 0) is 23.5 Å². The lowest BCUT2D eigenvalue weighted by Crippen LogP contribution is -2.26. The van der Waals surface area contributed by atoms with E-state index in [1.54, 1.807) is 0 Å². The molecule has 1 unspecified atom stereocenters. The Kier molecular flexibility index (Phi) is 7.86. The van der Waals surface area contributed by atoms with Crippen molar-refractivity contribution in [2.45, 2.75) is 32.7 Å². The van der Waals surface area contributed by atoms with Crippen molar-refractivity contribution in [3.8, 4) is 0 Å². The summed E-state index contributed by atoms with van der Waals surface area (Å²) < 4.78 is 2.08. The molecule has 1 N–H and O–H groups in total. The third-order valence-electron chi connectivity index (χ3n) is 1.40. The van der Waals surface area contributed by atoms with Gasteiger partial charge in [-0.15, -0.1) is 0 Å². The molecule has 1 atom stereocenters. The van der Waals surface area contributed by atoms with Crippen LogP contribution in [0.25, 0.3) is 0 Å². The minimum Gasteiger partial charge on any atom is -0.311 e. The number of hydrogen-bond donors (Lipinski definition) is 1. The van der Waals surface area contributed by atoms with Crippen molar-refractivity contribution < 1.29 is 0 Å². The summed E-state index contributed by atoms with van der Waals surface area (Å²) in [5, 5.41) is 3.43. The molecular formula is C8H16IN. The Balaban J connectivity index is 3.39. The lowest BCUT2D eigenvalue weighted by molar-refractivity contribution is 0.574. The van der Waals surface area contributed by atoms with E-state index in [0.29, 0.717) is 6.04 Å². The van der Waals surface area contributed by atoms with E-state index in [1.807, 2.05) is 0 Å². The number of halogens is 1. The molecule has 0 aliphatic carbocycles. The van der Waals surface area contributed by atoms with E-state index >= 15 is 0 Å². The van der Waals surface area contributed by atoms with Crippen LogP contribution in [0, 0.1) is 0 Å². The Morgan fingerprint density at radius 2 is 2.20 bits per heavy atom. The maximum Gasteiger partial charge on any atom is 0.0254 e. The molecule has 1 nitrogen and oxygen atoms in total. The SMILES string of the molecule is CCCNC(/C=C\I)CC. The smallest absolute Gasteiger partial charge is 0.0254 e. The zero-order chi connectivity index (χ0) is 7.82. The first-order chi connectivity index (χ1) is 4.85. The first kappa shape index (κ1) is 10.4. The molecule has 0 aromatic rings. The average molecular weight is 253 g/mol. The van der Waals surface area contributed by atoms with Gasteiger partial charge < -0.3 is 5.32 Å². The van der Waals surface area contributed by atoms with Crippen LogP contribution in [0.3, 0.4) is 0 Å². The summed E-state index contributed by atoms with van der Waals surface area (Å²) in [6.45, 7) is 5.51. The van der Waals surface area contributed by atoms with Gasteiger partial charge >= 0.3 is 0 Å². The largest absolute Gasteiger partial charge is 0.311 e. The fraction of sp³-hybridized carbons (Fsp3) is 0.750. The van der Waals surface area contributed by atoms with Gasteiger partial charge in [0.05, 0.1) is 0 Å². The van der Waals surface area contributed by atoms with Crippen LogP contribution >= 0.6 is 22.6 Å². The summed E-state index contributed by atoms with van der Waals surface area (Å²) in [7, 11) is 0. The molecule has 0 saturated carbocycles. The number of hydrogen-bond acceptors (Lipinski definition) is 1. The fourth-order valence-electron chi connectivity index (χ4n) is 0.766. The van der Waals surface area contributed by atoms with Gasteiger partial charge in [-0.3, -0.25) is 0 Å². The van der Waals surface area contributed by atoms with Crippen molar-refractivity contribution in [3.05, 3.63) is 10.2 Å². The van der Waals surface area contributed by atoms with E-state index in [-0.39, 0.29) is 0 Å². The van der Waals surface area contributed by atoms with E-state index in [1.165, 1.54) is 12.8 Å². The van der Waals surface area contributed by atoms with E-state index in [9.17, 15) is 0 Å². The second-order valence-corrected chi connectivity index (χ2v) is 3.01. The van der Waals surface area contributed by atoms with Crippen LogP contribution in [0.4, 0.5) is 0 Å². The van der Waals surface area contributed by atoms with E-state index in [4.69, 9.17) is 0 Å². The molecular weight excluding hydrogens is 237 g/mol. The van der Waals surface area contributed by atoms with Crippen LogP contribution in [0.2, 0.25) is 0 Å². The third kappa shape index (κ3) is 5.23. The summed E-state index contributed by atoms with van der Waals surface area (Å²) in [5.74, 6) is 0. The number of nitrogens with one attached hydrogen (secondary N) is 1. The highest BCUT2D eigenvalue weighted by Gasteiger charge is 1.96. The lowest BCUT2D eigenvalue weighted by atomic mass is 10.2. The topological polar surface area (TPSA) is 12.0 Å². The van der Waals surface area contributed by atoms with Gasteiger partial charge in [0.25, 0.3) is 0 Å². The van der Waals surface area contributed by atoms with Gasteiger partial charge in [-0.1, -0.05) is 42.5 Å². The lowest BCUT2D eigenvalue weighted by Gasteiger charge is -2.10. The van der Waals surface area contributed by atoms with Crippen molar-refractivity contribution in [1.82, 2.24) is 5.32 Å². The van der Waals surface area contributed by atoms with Crippen LogP contribution in [0.1, 0.15) is 26.7 Å². The summed E-state index contributed by atoms with van der Waals surface area (Å²) in [4.78, 5) is 0. The summed E-state index contributed by atoms with van der Waals surface area (Å²) >= 11 is 2.26. The molecule has 0 aliphatic heterocycles. The molecule has 0 rings (SSSR count). The Bertz CT molecular complexity index is 91.3. The van der Waals surface area contributed by atoms with Crippen LogP contribution in [0.5, 0.6) is 0 Å². The molecule has 0 aliphatic rings. The van der Waals surface area contributed by atoms with Gasteiger partial charge in [0, 0.05) is 6.04 Å². The monoisotopic (exact) mass is 253 g/mol. The molecule has 0 heterocycles. The first-order valence-electron chi connectivity index (χ1n) is 3.85. The van der Waals surface area contributed by atoms with Crippen molar-refractivity contribution >= 4 is 22.6 Å². The summed E-state index contributed by atoms with van der Waals surface area (Å²) in [5.41, 5.74) is 0. The van der Waals surface area contributed by atoms with Crippen LogP contribution in [-0.2, 0) is 0 Å². The van der Waals surface area contributed by atoms with Crippen molar-refractivity contribution in [2.24, 2.45) is 0 Å². The van der Waals surface area contributed by atoms with Gasteiger partial charge in [-0.2, -0.15) is 0 Å². The van der Waals surface area contributed by atoms with Crippen LogP contribution in [-0.4, -0.2) is 12.6 Å². The molecule has 0 spiro atoms. The zero-order valence-corrected chi connectivity index (χ0v) is 8.89. The van der Waals surface area contributed by atoms with Crippen molar-refractivity contribution in [1.29, 1.82) is 0 Å². The zero-order valence-electron chi connectivity index (χ0n) is 6.73. The molecule has 0 radical (unpaired) electrons. The average Bonchev–Trinajstić information content (AvgIpc) is 1.98. The highest BCUT2D eigenvalue weighted by Crippen LogP contribution is 1.95. The van der Waals surface area contributed by atoms with Crippen LogP contribution in [0.15, 0.2) is 10.2 Å². The Morgan fingerprint density at radius 3 is 2.60 bits per heavy atom. The molecule has 60 valence electrons. The maximum atomic E-state index is 3.43. The minimum absolute atomic E-state index is 0.580. The quantitative estimate of drug-likeness (QED) is 0.743. The first-order valence-corrected chi connectivity index (χ1v) is 5.10. The van der Waals surface area contributed by atoms with E-state index < -0.39 is 0 Å². The molecule has 0 fully saturated rings. The standard InChI is InChI=1S/C8H16IN/c1-3-7-10-8(4-2)5-6-9/h5-6,8,10H,3-4,7H2,1-2H3/b6-5-. The van der Waals surface area contributed by atoms with Crippen molar-refractivity contribution in [2.75, 3.05) is 6.54 Å². The van der Waals surface area contributed by atoms with E-state index in [2.05, 4.69) is 51.9 Å². The van der Waals surface area contributed by atoms with Crippen LogP contribution < -0.4 is 5.32 Å². The van der Waals surface area contributed by atoms with E-state index in [0.717, 1.165) is 6.54 Å². The molecule has 0 amide bonds. The predicted octanol–water partition coefficient (Wildman–Crippen LogP) is 2.71. The Labute approximate surface area is 77.4 Å². The second-order valence-electron chi connectivity index (χ2n) is 2.29. The molecule has 0 aromatic heterocycles. The summed E-state index contributed by atoms with van der Waals surface area (Å²) in [6, 6.07) is 0.580. The Hall–Kier alpha value is 0.430. The van der Waals surface area contributed by atoms with Gasteiger partial charge in [0.15, 0.2) is 0 Å². The third-order valence-corrected chi connectivity index (χ3v) is 1.82. The Morgan fingerprint density at radius 1 is 1.50 bits per heavy atom. The highest BCUT2D eigenvalue weighted by molar-refractivity contribution is 14.1. The van der Waals surface area contributed by atoms with Crippen molar-refractivity contribution in [3.63, 3.8) is 0 Å². The highest BCUT2D eigenvalue weighted by atomic mass is 127. The minimum atomic E-state index is 0.580. The number of rotatable bonds is 5. The normalized spacial score (nSPS) is 14.3. The maximum absolute atomic E-state index is 3.43. The molecule has 0 bridgehead atoms. The van der Waals surface area contributed by atoms with Gasteiger partial charge in [0.2, 0.25) is 0 Å².